The van der Waals surface area contributed by atoms with E-state index >= 15 is 0 Å². The van der Waals surface area contributed by atoms with Crippen molar-refractivity contribution in [2.75, 3.05) is 31.1 Å². The molecule has 0 saturated carbocycles. The van der Waals surface area contributed by atoms with Crippen LogP contribution in [0.5, 0.6) is 11.5 Å². The Kier molecular flexibility index (Phi) is 6.55. The van der Waals surface area contributed by atoms with E-state index < -0.39 is 10.0 Å². The van der Waals surface area contributed by atoms with Crippen LogP contribution in [0.1, 0.15) is 22.8 Å². The number of benzene rings is 3. The Hall–Kier alpha value is -3.52. The lowest BCUT2D eigenvalue weighted by atomic mass is 10.1. The van der Waals surface area contributed by atoms with Crippen molar-refractivity contribution < 1.29 is 22.7 Å². The van der Waals surface area contributed by atoms with Gasteiger partial charge in [0.15, 0.2) is 11.5 Å². The van der Waals surface area contributed by atoms with Crippen LogP contribution in [0.2, 0.25) is 0 Å². The minimum atomic E-state index is -3.74. The first-order valence-corrected chi connectivity index (χ1v) is 12.2. The third kappa shape index (κ3) is 4.66. The van der Waals surface area contributed by atoms with Crippen molar-refractivity contribution in [1.82, 2.24) is 4.90 Å². The first-order valence-electron chi connectivity index (χ1n) is 10.7. The van der Waals surface area contributed by atoms with Crippen molar-refractivity contribution in [3.05, 3.63) is 83.9 Å². The number of amides is 1. The zero-order valence-corrected chi connectivity index (χ0v) is 19.4. The predicted molar refractivity (Wildman–Crippen MR) is 126 cm³/mol. The Morgan fingerprint density at radius 3 is 2.30 bits per heavy atom. The van der Waals surface area contributed by atoms with Crippen molar-refractivity contribution in [3.63, 3.8) is 0 Å². The van der Waals surface area contributed by atoms with Crippen molar-refractivity contribution in [1.29, 1.82) is 0 Å². The van der Waals surface area contributed by atoms with E-state index in [1.165, 1.54) is 23.5 Å². The molecule has 7 nitrogen and oxygen atoms in total. The van der Waals surface area contributed by atoms with E-state index in [2.05, 4.69) is 0 Å². The second kappa shape index (κ2) is 9.54. The molecule has 3 aromatic carbocycles. The van der Waals surface area contributed by atoms with Gasteiger partial charge >= 0.3 is 0 Å². The topological polar surface area (TPSA) is 76.1 Å². The summed E-state index contributed by atoms with van der Waals surface area (Å²) < 4.78 is 38.6. The molecule has 8 heteroatoms. The number of para-hydroxylation sites is 2. The average molecular weight is 467 g/mol. The quantitative estimate of drug-likeness (QED) is 0.527. The number of sulfonamides is 1. The van der Waals surface area contributed by atoms with Gasteiger partial charge in [0.05, 0.1) is 10.6 Å². The Morgan fingerprint density at radius 1 is 0.909 bits per heavy atom. The molecule has 172 valence electrons. The molecule has 0 fully saturated rings. The summed E-state index contributed by atoms with van der Waals surface area (Å²) in [4.78, 5) is 15.0. The summed E-state index contributed by atoms with van der Waals surface area (Å²) in [6.07, 6.45) is 0. The number of carbonyl (C=O) groups is 1. The molecular formula is C25H26N2O5S. The maximum absolute atomic E-state index is 13.2. The lowest BCUT2D eigenvalue weighted by molar-refractivity contribution is 0.0749. The number of anilines is 1. The normalized spacial score (nSPS) is 12.8. The third-order valence-electron chi connectivity index (χ3n) is 5.56. The van der Waals surface area contributed by atoms with Crippen LogP contribution in [0.3, 0.4) is 0 Å². The summed E-state index contributed by atoms with van der Waals surface area (Å²) in [5, 5.41) is 0. The van der Waals surface area contributed by atoms with Crippen molar-refractivity contribution in [2.45, 2.75) is 18.4 Å². The first kappa shape index (κ1) is 22.7. The van der Waals surface area contributed by atoms with Crippen LogP contribution in [0.25, 0.3) is 0 Å². The SMILES string of the molecule is CCN(Cc1cccc2c1OCCO2)C(=O)c1ccc(S(=O)(=O)N(C)c2ccccc2)cc1. The Morgan fingerprint density at radius 2 is 1.61 bits per heavy atom. The van der Waals surface area contributed by atoms with Gasteiger partial charge in [-0.25, -0.2) is 8.42 Å². The van der Waals surface area contributed by atoms with E-state index in [9.17, 15) is 13.2 Å². The van der Waals surface area contributed by atoms with Crippen LogP contribution < -0.4 is 13.8 Å². The number of carbonyl (C=O) groups excluding carboxylic acids is 1. The van der Waals surface area contributed by atoms with Gasteiger partial charge in [-0.1, -0.05) is 30.3 Å². The fourth-order valence-electron chi connectivity index (χ4n) is 3.68. The molecule has 33 heavy (non-hydrogen) atoms. The highest BCUT2D eigenvalue weighted by Gasteiger charge is 2.23. The van der Waals surface area contributed by atoms with Crippen molar-refractivity contribution >= 4 is 21.6 Å². The van der Waals surface area contributed by atoms with Crippen LogP contribution in [0.4, 0.5) is 5.69 Å². The highest BCUT2D eigenvalue weighted by molar-refractivity contribution is 7.92. The minimum Gasteiger partial charge on any atom is -0.486 e. The third-order valence-corrected chi connectivity index (χ3v) is 7.36. The minimum absolute atomic E-state index is 0.121. The first-order chi connectivity index (χ1) is 15.9. The number of rotatable bonds is 7. The number of hydrogen-bond donors (Lipinski definition) is 0. The van der Waals surface area contributed by atoms with E-state index in [1.54, 1.807) is 41.3 Å². The van der Waals surface area contributed by atoms with Crippen LogP contribution in [-0.2, 0) is 16.6 Å². The van der Waals surface area contributed by atoms with Gasteiger partial charge in [-0.05, 0) is 49.4 Å². The lowest BCUT2D eigenvalue weighted by Gasteiger charge is -2.25. The maximum atomic E-state index is 13.2. The standard InChI is InChI=1S/C25H26N2O5S/c1-3-27(18-20-8-7-11-23-24(20)32-17-16-31-23)25(28)19-12-14-22(15-13-19)33(29,30)26(2)21-9-5-4-6-10-21/h4-15H,3,16-18H2,1-2H3. The predicted octanol–water partition coefficient (Wildman–Crippen LogP) is 3.95. The Bertz CT molecular complexity index is 1230. The summed E-state index contributed by atoms with van der Waals surface area (Å²) in [5.74, 6) is 1.16. The maximum Gasteiger partial charge on any atom is 0.264 e. The molecule has 0 radical (unpaired) electrons. The number of nitrogens with zero attached hydrogens (tertiary/aromatic N) is 2. The van der Waals surface area contributed by atoms with Gasteiger partial charge in [0.25, 0.3) is 15.9 Å². The second-order valence-corrected chi connectivity index (χ2v) is 9.56. The molecule has 0 atom stereocenters. The lowest BCUT2D eigenvalue weighted by Crippen LogP contribution is -2.31. The van der Waals surface area contributed by atoms with Crippen LogP contribution in [-0.4, -0.2) is 46.0 Å². The second-order valence-electron chi connectivity index (χ2n) is 7.59. The molecule has 0 unspecified atom stereocenters. The van der Waals surface area contributed by atoms with Crippen LogP contribution >= 0.6 is 0 Å². The van der Waals surface area contributed by atoms with Crippen molar-refractivity contribution in [2.24, 2.45) is 0 Å². The smallest absolute Gasteiger partial charge is 0.264 e. The van der Waals surface area contributed by atoms with Gasteiger partial charge in [0, 0.05) is 31.3 Å². The van der Waals surface area contributed by atoms with Gasteiger partial charge in [0.1, 0.15) is 13.2 Å². The van der Waals surface area contributed by atoms with Gasteiger partial charge < -0.3 is 14.4 Å². The van der Waals surface area contributed by atoms with Gasteiger partial charge in [-0.2, -0.15) is 0 Å². The molecule has 1 heterocycles. The highest BCUT2D eigenvalue weighted by atomic mass is 32.2. The molecule has 0 spiro atoms. The molecule has 4 rings (SSSR count). The van der Waals surface area contributed by atoms with E-state index in [1.807, 2.05) is 31.2 Å². The highest BCUT2D eigenvalue weighted by Crippen LogP contribution is 2.34. The zero-order valence-electron chi connectivity index (χ0n) is 18.6. The number of ether oxygens (including phenoxy) is 2. The monoisotopic (exact) mass is 466 g/mol. The molecule has 1 aliphatic heterocycles. The largest absolute Gasteiger partial charge is 0.486 e. The molecule has 0 aliphatic carbocycles. The van der Waals surface area contributed by atoms with E-state index in [0.717, 1.165) is 5.56 Å². The van der Waals surface area contributed by atoms with Gasteiger partial charge in [-0.3, -0.25) is 9.10 Å². The summed E-state index contributed by atoms with van der Waals surface area (Å²) >= 11 is 0. The number of hydrogen-bond acceptors (Lipinski definition) is 5. The fourth-order valence-corrected chi connectivity index (χ4v) is 4.87. The van der Waals surface area contributed by atoms with E-state index in [4.69, 9.17) is 9.47 Å². The Balaban J connectivity index is 1.53. The summed E-state index contributed by atoms with van der Waals surface area (Å²) in [6, 6.07) is 20.5. The fraction of sp³-hybridized carbons (Fsp3) is 0.240. The average Bonchev–Trinajstić information content (AvgIpc) is 2.87. The van der Waals surface area contributed by atoms with E-state index in [-0.39, 0.29) is 10.8 Å². The van der Waals surface area contributed by atoms with Crippen LogP contribution in [0.15, 0.2) is 77.7 Å². The molecule has 1 aliphatic rings. The molecule has 0 bridgehead atoms. The summed E-state index contributed by atoms with van der Waals surface area (Å²) in [5.41, 5.74) is 1.85. The molecule has 1 amide bonds. The molecule has 0 aromatic heterocycles. The number of fused-ring (bicyclic) bond motifs is 1. The van der Waals surface area contributed by atoms with Gasteiger partial charge in [-0.15, -0.1) is 0 Å². The molecule has 0 saturated heterocycles. The molecule has 0 N–H and O–H groups in total. The summed E-state index contributed by atoms with van der Waals surface area (Å²) in [7, 11) is -2.23. The molecular weight excluding hydrogens is 440 g/mol. The van der Waals surface area contributed by atoms with Crippen molar-refractivity contribution in [3.8, 4) is 11.5 Å². The zero-order chi connectivity index (χ0) is 23.4. The van der Waals surface area contributed by atoms with Crippen LogP contribution in [0, 0.1) is 0 Å². The van der Waals surface area contributed by atoms with Gasteiger partial charge in [0.2, 0.25) is 0 Å². The molecule has 3 aromatic rings. The van der Waals surface area contributed by atoms with E-state index in [0.29, 0.717) is 49.1 Å². The Labute approximate surface area is 194 Å². The summed E-state index contributed by atoms with van der Waals surface area (Å²) in [6.45, 7) is 3.72.